The van der Waals surface area contributed by atoms with Crippen LogP contribution in [-0.4, -0.2) is 20.7 Å². The van der Waals surface area contributed by atoms with Gasteiger partial charge in [0.15, 0.2) is 0 Å². The number of nitro benzene ring substituents is 1. The Morgan fingerprint density at radius 1 is 1.53 bits per heavy atom. The zero-order chi connectivity index (χ0) is 11.0. The number of rotatable bonds is 1. The molecule has 0 aliphatic heterocycles. The molecule has 0 saturated carbocycles. The van der Waals surface area contributed by atoms with Crippen LogP contribution in [0, 0.1) is 10.1 Å². The highest BCUT2D eigenvalue weighted by Crippen LogP contribution is 2.19. The maximum atomic E-state index is 10.9. The third-order valence-electron chi connectivity index (χ3n) is 1.97. The first-order chi connectivity index (χ1) is 7.09. The van der Waals surface area contributed by atoms with Crippen molar-refractivity contribution in [3.63, 3.8) is 0 Å². The summed E-state index contributed by atoms with van der Waals surface area (Å²) in [5.74, 6) is 0. The second kappa shape index (κ2) is 3.05. The van der Waals surface area contributed by atoms with Crippen LogP contribution in [0.2, 0.25) is 0 Å². The van der Waals surface area contributed by atoms with Gasteiger partial charge in [-0.05, 0) is 6.07 Å². The van der Waals surface area contributed by atoms with Crippen LogP contribution < -0.4 is 5.73 Å². The van der Waals surface area contributed by atoms with Crippen LogP contribution in [0.4, 0.5) is 10.5 Å². The third-order valence-corrected chi connectivity index (χ3v) is 1.97. The van der Waals surface area contributed by atoms with Crippen molar-refractivity contribution in [1.82, 2.24) is 9.78 Å². The number of primary amides is 1. The minimum absolute atomic E-state index is 0.106. The molecule has 2 aromatic rings. The van der Waals surface area contributed by atoms with Gasteiger partial charge in [0.25, 0.3) is 5.69 Å². The Hall–Kier alpha value is -2.44. The molecule has 0 spiro atoms. The second-order valence-corrected chi connectivity index (χ2v) is 2.89. The molecular formula is C8H6N4O3. The Kier molecular flexibility index (Phi) is 1.86. The van der Waals surface area contributed by atoms with Crippen molar-refractivity contribution in [2.75, 3.05) is 0 Å². The van der Waals surface area contributed by atoms with Crippen LogP contribution in [-0.2, 0) is 0 Å². The van der Waals surface area contributed by atoms with E-state index in [4.69, 9.17) is 5.73 Å². The van der Waals surface area contributed by atoms with Gasteiger partial charge in [0, 0.05) is 17.5 Å². The smallest absolute Gasteiger partial charge is 0.340 e. The van der Waals surface area contributed by atoms with Gasteiger partial charge in [-0.1, -0.05) is 0 Å². The number of benzene rings is 1. The molecule has 15 heavy (non-hydrogen) atoms. The summed E-state index contributed by atoms with van der Waals surface area (Å²) < 4.78 is 0.919. The molecule has 0 bridgehead atoms. The number of nitro groups is 1. The summed E-state index contributed by atoms with van der Waals surface area (Å²) in [6, 6.07) is 3.34. The van der Waals surface area contributed by atoms with Crippen molar-refractivity contribution in [2.24, 2.45) is 5.73 Å². The van der Waals surface area contributed by atoms with Crippen molar-refractivity contribution < 1.29 is 9.72 Å². The molecule has 1 amide bonds. The molecule has 1 aromatic carbocycles. The molecule has 7 heteroatoms. The molecule has 1 heterocycles. The Balaban J connectivity index is 2.72. The highest BCUT2D eigenvalue weighted by atomic mass is 16.6. The van der Waals surface area contributed by atoms with Crippen molar-refractivity contribution in [3.8, 4) is 0 Å². The van der Waals surface area contributed by atoms with Crippen LogP contribution >= 0.6 is 0 Å². The Labute approximate surface area is 83.2 Å². The van der Waals surface area contributed by atoms with E-state index in [0.29, 0.717) is 10.9 Å². The molecule has 7 nitrogen and oxygen atoms in total. The molecular weight excluding hydrogens is 200 g/mol. The van der Waals surface area contributed by atoms with Gasteiger partial charge >= 0.3 is 6.03 Å². The van der Waals surface area contributed by atoms with E-state index in [2.05, 4.69) is 5.10 Å². The van der Waals surface area contributed by atoms with Crippen molar-refractivity contribution in [3.05, 3.63) is 34.5 Å². The minimum Gasteiger partial charge on any atom is -0.350 e. The summed E-state index contributed by atoms with van der Waals surface area (Å²) in [7, 11) is 0. The standard InChI is InChI=1S/C8H6N4O3/c9-8(13)11-7-3-6(12(14)15)2-1-5(7)4-10-11/h1-4H,(H2,9,13). The van der Waals surface area contributed by atoms with Crippen molar-refractivity contribution >= 4 is 22.6 Å². The van der Waals surface area contributed by atoms with Crippen molar-refractivity contribution in [1.29, 1.82) is 0 Å². The van der Waals surface area contributed by atoms with Gasteiger partial charge in [0.1, 0.15) is 0 Å². The lowest BCUT2D eigenvalue weighted by Crippen LogP contribution is -2.20. The number of carbonyl (C=O) groups is 1. The Morgan fingerprint density at radius 3 is 2.87 bits per heavy atom. The third kappa shape index (κ3) is 1.39. The zero-order valence-corrected chi connectivity index (χ0v) is 7.45. The molecule has 0 aliphatic rings. The number of non-ortho nitro benzene ring substituents is 1. The van der Waals surface area contributed by atoms with E-state index >= 15 is 0 Å². The molecule has 0 aliphatic carbocycles. The van der Waals surface area contributed by atoms with Gasteiger partial charge in [0.05, 0.1) is 16.6 Å². The lowest BCUT2D eigenvalue weighted by Gasteiger charge is -1.96. The predicted octanol–water partition coefficient (Wildman–Crippen LogP) is 0.871. The molecule has 0 radical (unpaired) electrons. The van der Waals surface area contributed by atoms with Gasteiger partial charge < -0.3 is 5.73 Å². The predicted molar refractivity (Wildman–Crippen MR) is 51.4 cm³/mol. The summed E-state index contributed by atoms with van der Waals surface area (Å²) in [4.78, 5) is 20.9. The van der Waals surface area contributed by atoms with Gasteiger partial charge in [-0.25, -0.2) is 4.79 Å². The summed E-state index contributed by atoms with van der Waals surface area (Å²) in [5.41, 5.74) is 5.27. The summed E-state index contributed by atoms with van der Waals surface area (Å²) in [5, 5.41) is 14.8. The fraction of sp³-hybridized carbons (Fsp3) is 0. The van der Waals surface area contributed by atoms with E-state index in [0.717, 1.165) is 4.68 Å². The summed E-state index contributed by atoms with van der Waals surface area (Å²) >= 11 is 0. The first-order valence-corrected chi connectivity index (χ1v) is 4.01. The Bertz CT molecular complexity index is 560. The number of carbonyl (C=O) groups excluding carboxylic acids is 1. The van der Waals surface area contributed by atoms with Crippen molar-refractivity contribution in [2.45, 2.75) is 0 Å². The quantitative estimate of drug-likeness (QED) is 0.552. The summed E-state index contributed by atoms with van der Waals surface area (Å²) in [6.45, 7) is 0. The van der Waals surface area contributed by atoms with E-state index in [9.17, 15) is 14.9 Å². The molecule has 1 aromatic heterocycles. The van der Waals surface area contributed by atoms with E-state index < -0.39 is 11.0 Å². The zero-order valence-electron chi connectivity index (χ0n) is 7.45. The van der Waals surface area contributed by atoms with Crippen LogP contribution in [0.25, 0.3) is 10.9 Å². The normalized spacial score (nSPS) is 10.4. The van der Waals surface area contributed by atoms with Crippen LogP contribution in [0.15, 0.2) is 24.4 Å². The van der Waals surface area contributed by atoms with Gasteiger partial charge in [-0.15, -0.1) is 0 Å². The second-order valence-electron chi connectivity index (χ2n) is 2.89. The number of hydrogen-bond donors (Lipinski definition) is 1. The maximum absolute atomic E-state index is 10.9. The first-order valence-electron chi connectivity index (χ1n) is 4.01. The monoisotopic (exact) mass is 206 g/mol. The number of nitrogens with two attached hydrogens (primary N) is 1. The number of aromatic nitrogens is 2. The topological polar surface area (TPSA) is 104 Å². The number of amides is 1. The van der Waals surface area contributed by atoms with E-state index in [1.54, 1.807) is 0 Å². The fourth-order valence-corrected chi connectivity index (χ4v) is 1.30. The van der Waals surface area contributed by atoms with Crippen LogP contribution in [0.5, 0.6) is 0 Å². The SMILES string of the molecule is NC(=O)n1ncc2ccc([N+](=O)[O-])cc21. The largest absolute Gasteiger partial charge is 0.350 e. The maximum Gasteiger partial charge on any atom is 0.340 e. The van der Waals surface area contributed by atoms with E-state index in [1.165, 1.54) is 24.4 Å². The lowest BCUT2D eigenvalue weighted by molar-refractivity contribution is -0.384. The van der Waals surface area contributed by atoms with Gasteiger partial charge in [-0.2, -0.15) is 9.78 Å². The molecule has 0 fully saturated rings. The molecule has 0 saturated heterocycles. The summed E-state index contributed by atoms with van der Waals surface area (Å²) in [6.07, 6.45) is 1.42. The first kappa shape index (κ1) is 9.13. The van der Waals surface area contributed by atoms with Crippen LogP contribution in [0.1, 0.15) is 0 Å². The molecule has 0 unspecified atom stereocenters. The molecule has 2 N–H and O–H groups in total. The highest BCUT2D eigenvalue weighted by molar-refractivity contribution is 5.90. The average Bonchev–Trinajstić information content (AvgIpc) is 2.59. The molecule has 76 valence electrons. The number of hydrogen-bond acceptors (Lipinski definition) is 4. The number of nitrogens with zero attached hydrogens (tertiary/aromatic N) is 3. The van der Waals surface area contributed by atoms with Gasteiger partial charge in [0.2, 0.25) is 0 Å². The van der Waals surface area contributed by atoms with Crippen LogP contribution in [0.3, 0.4) is 0 Å². The average molecular weight is 206 g/mol. The van der Waals surface area contributed by atoms with E-state index in [-0.39, 0.29) is 5.69 Å². The minimum atomic E-state index is -0.773. The molecule has 0 atom stereocenters. The van der Waals surface area contributed by atoms with E-state index in [1.807, 2.05) is 0 Å². The number of fused-ring (bicyclic) bond motifs is 1. The molecule has 2 rings (SSSR count). The Morgan fingerprint density at radius 2 is 2.27 bits per heavy atom. The lowest BCUT2D eigenvalue weighted by atomic mass is 10.2. The van der Waals surface area contributed by atoms with Gasteiger partial charge in [-0.3, -0.25) is 10.1 Å². The fourth-order valence-electron chi connectivity index (χ4n) is 1.30. The highest BCUT2D eigenvalue weighted by Gasteiger charge is 2.11.